The molecule has 0 saturated heterocycles. The lowest BCUT2D eigenvalue weighted by molar-refractivity contribution is 0.137. The third-order valence-corrected chi connectivity index (χ3v) is 3.08. The van der Waals surface area contributed by atoms with Gasteiger partial charge in [-0.1, -0.05) is 23.7 Å². The Bertz CT molecular complexity index is 774. The molecule has 0 aliphatic rings. The van der Waals surface area contributed by atoms with Crippen LogP contribution in [0.4, 0.5) is 14.6 Å². The molecule has 0 aliphatic carbocycles. The van der Waals surface area contributed by atoms with Gasteiger partial charge in [0.15, 0.2) is 5.65 Å². The van der Waals surface area contributed by atoms with E-state index in [1.807, 2.05) is 18.2 Å². The van der Waals surface area contributed by atoms with Gasteiger partial charge in [-0.25, -0.2) is 8.78 Å². The summed E-state index contributed by atoms with van der Waals surface area (Å²) in [5.41, 5.74) is 1.24. The quantitative estimate of drug-likeness (QED) is 0.803. The summed E-state index contributed by atoms with van der Waals surface area (Å²) in [5.74, 6) is -0.0272. The predicted octanol–water partition coefficient (Wildman–Crippen LogP) is 3.33. The summed E-state index contributed by atoms with van der Waals surface area (Å²) in [5, 5.41) is 14.8. The average molecular weight is 310 g/mol. The standard InChI is InChI=1S/C13H10ClF2N5/c14-9-3-1-2-8(6-9)7-17-10-4-5-11-18-19-13(12(15)16)21(11)20-10/h1-6,12H,7H2,(H,17,20). The number of alkyl halides is 2. The Morgan fingerprint density at radius 1 is 1.19 bits per heavy atom. The summed E-state index contributed by atoms with van der Waals surface area (Å²) < 4.78 is 26.6. The molecule has 0 radical (unpaired) electrons. The zero-order valence-electron chi connectivity index (χ0n) is 10.7. The first-order valence-corrected chi connectivity index (χ1v) is 6.50. The fourth-order valence-corrected chi connectivity index (χ4v) is 2.09. The highest BCUT2D eigenvalue weighted by Crippen LogP contribution is 2.18. The fraction of sp³-hybridized carbons (Fsp3) is 0.154. The van der Waals surface area contributed by atoms with E-state index >= 15 is 0 Å². The summed E-state index contributed by atoms with van der Waals surface area (Å²) in [7, 11) is 0. The smallest absolute Gasteiger partial charge is 0.299 e. The highest BCUT2D eigenvalue weighted by Gasteiger charge is 2.16. The van der Waals surface area contributed by atoms with Crippen LogP contribution < -0.4 is 5.32 Å². The van der Waals surface area contributed by atoms with Crippen molar-refractivity contribution in [3.05, 3.63) is 52.8 Å². The molecule has 1 aromatic carbocycles. The van der Waals surface area contributed by atoms with Crippen LogP contribution in [0, 0.1) is 0 Å². The van der Waals surface area contributed by atoms with Gasteiger partial charge in [-0.05, 0) is 29.8 Å². The first-order chi connectivity index (χ1) is 10.1. The summed E-state index contributed by atoms with van der Waals surface area (Å²) in [6.07, 6.45) is -2.73. The maximum absolute atomic E-state index is 12.8. The summed E-state index contributed by atoms with van der Waals surface area (Å²) >= 11 is 5.90. The second-order valence-corrected chi connectivity index (χ2v) is 4.77. The van der Waals surface area contributed by atoms with Gasteiger partial charge in [0.05, 0.1) is 0 Å². The Balaban J connectivity index is 1.82. The van der Waals surface area contributed by atoms with Crippen molar-refractivity contribution in [2.75, 3.05) is 5.32 Å². The Labute approximate surface area is 123 Å². The lowest BCUT2D eigenvalue weighted by Crippen LogP contribution is -2.06. The van der Waals surface area contributed by atoms with Gasteiger partial charge in [0.25, 0.3) is 6.43 Å². The van der Waals surface area contributed by atoms with Crippen molar-refractivity contribution in [2.45, 2.75) is 13.0 Å². The van der Waals surface area contributed by atoms with Gasteiger partial charge in [-0.15, -0.1) is 15.3 Å². The van der Waals surface area contributed by atoms with E-state index in [0.29, 0.717) is 17.4 Å². The minimum Gasteiger partial charge on any atom is -0.365 e. The molecule has 2 heterocycles. The van der Waals surface area contributed by atoms with Gasteiger partial charge in [0.2, 0.25) is 5.82 Å². The number of hydrogen-bond acceptors (Lipinski definition) is 4. The number of nitrogens with zero attached hydrogens (tertiary/aromatic N) is 4. The van der Waals surface area contributed by atoms with Gasteiger partial charge in [0.1, 0.15) is 5.82 Å². The molecule has 8 heteroatoms. The molecular weight excluding hydrogens is 300 g/mol. The molecule has 0 spiro atoms. The van der Waals surface area contributed by atoms with Crippen molar-refractivity contribution < 1.29 is 8.78 Å². The summed E-state index contributed by atoms with van der Waals surface area (Å²) in [6, 6.07) is 10.6. The number of benzene rings is 1. The summed E-state index contributed by atoms with van der Waals surface area (Å²) in [4.78, 5) is 0. The van der Waals surface area contributed by atoms with Crippen LogP contribution in [-0.2, 0) is 6.54 Å². The molecule has 0 atom stereocenters. The fourth-order valence-electron chi connectivity index (χ4n) is 1.88. The van der Waals surface area contributed by atoms with Crippen LogP contribution in [0.1, 0.15) is 17.8 Å². The molecule has 0 amide bonds. The van der Waals surface area contributed by atoms with E-state index < -0.39 is 12.2 Å². The SMILES string of the molecule is FC(F)c1nnc2ccc(NCc3cccc(Cl)c3)nn12. The predicted molar refractivity (Wildman–Crippen MR) is 74.5 cm³/mol. The van der Waals surface area contributed by atoms with Crippen LogP contribution in [0.3, 0.4) is 0 Å². The lowest BCUT2D eigenvalue weighted by atomic mass is 10.2. The highest BCUT2D eigenvalue weighted by molar-refractivity contribution is 6.30. The Kier molecular flexibility index (Phi) is 3.66. The number of hydrogen-bond donors (Lipinski definition) is 1. The van der Waals surface area contributed by atoms with Crippen LogP contribution in [0.2, 0.25) is 5.02 Å². The number of halogens is 3. The largest absolute Gasteiger partial charge is 0.365 e. The molecular formula is C13H10ClF2N5. The molecule has 5 nitrogen and oxygen atoms in total. The van der Waals surface area contributed by atoms with Gasteiger partial charge in [0, 0.05) is 11.6 Å². The maximum Gasteiger partial charge on any atom is 0.299 e. The van der Waals surface area contributed by atoms with Crippen LogP contribution in [0.15, 0.2) is 36.4 Å². The monoisotopic (exact) mass is 309 g/mol. The van der Waals surface area contributed by atoms with Crippen LogP contribution >= 0.6 is 11.6 Å². The molecule has 108 valence electrons. The molecule has 1 N–H and O–H groups in total. The number of rotatable bonds is 4. The minimum absolute atomic E-state index is 0.276. The van der Waals surface area contributed by atoms with E-state index in [-0.39, 0.29) is 5.65 Å². The van der Waals surface area contributed by atoms with E-state index in [1.165, 1.54) is 0 Å². The first-order valence-electron chi connectivity index (χ1n) is 6.12. The zero-order valence-corrected chi connectivity index (χ0v) is 11.4. The second-order valence-electron chi connectivity index (χ2n) is 4.33. The number of anilines is 1. The number of aromatic nitrogens is 4. The number of nitrogens with one attached hydrogen (secondary N) is 1. The summed E-state index contributed by atoms with van der Waals surface area (Å²) in [6.45, 7) is 0.477. The molecule has 0 bridgehead atoms. The molecule has 0 aliphatic heterocycles. The van der Waals surface area contributed by atoms with Crippen molar-refractivity contribution >= 4 is 23.1 Å². The van der Waals surface area contributed by atoms with Gasteiger partial charge in [-0.2, -0.15) is 4.52 Å². The molecule has 0 saturated carbocycles. The molecule has 0 fully saturated rings. The van der Waals surface area contributed by atoms with E-state index in [4.69, 9.17) is 11.6 Å². The molecule has 3 rings (SSSR count). The van der Waals surface area contributed by atoms with Gasteiger partial charge < -0.3 is 5.32 Å². The molecule has 2 aromatic heterocycles. The zero-order chi connectivity index (χ0) is 14.8. The second kappa shape index (κ2) is 5.61. The minimum atomic E-state index is -2.73. The van der Waals surface area contributed by atoms with Crippen LogP contribution in [-0.4, -0.2) is 19.8 Å². The Hall–Kier alpha value is -2.28. The number of fused-ring (bicyclic) bond motifs is 1. The average Bonchev–Trinajstić information content (AvgIpc) is 2.88. The van der Waals surface area contributed by atoms with Crippen molar-refractivity contribution in [2.24, 2.45) is 0 Å². The third kappa shape index (κ3) is 2.92. The van der Waals surface area contributed by atoms with Gasteiger partial charge in [-0.3, -0.25) is 0 Å². The maximum atomic E-state index is 12.8. The van der Waals surface area contributed by atoms with Crippen molar-refractivity contribution in [3.8, 4) is 0 Å². The van der Waals surface area contributed by atoms with Crippen LogP contribution in [0.5, 0.6) is 0 Å². The molecule has 21 heavy (non-hydrogen) atoms. The highest BCUT2D eigenvalue weighted by atomic mass is 35.5. The van der Waals surface area contributed by atoms with Crippen molar-refractivity contribution in [3.63, 3.8) is 0 Å². The van der Waals surface area contributed by atoms with E-state index in [0.717, 1.165) is 10.1 Å². The molecule has 3 aromatic rings. The Morgan fingerprint density at radius 2 is 2.05 bits per heavy atom. The normalized spacial score (nSPS) is 11.2. The first kappa shape index (κ1) is 13.7. The van der Waals surface area contributed by atoms with Crippen molar-refractivity contribution in [1.29, 1.82) is 0 Å². The van der Waals surface area contributed by atoms with E-state index in [1.54, 1.807) is 18.2 Å². The van der Waals surface area contributed by atoms with Gasteiger partial charge >= 0.3 is 0 Å². The lowest BCUT2D eigenvalue weighted by Gasteiger charge is -2.06. The third-order valence-electron chi connectivity index (χ3n) is 2.84. The van der Waals surface area contributed by atoms with Crippen molar-refractivity contribution in [1.82, 2.24) is 19.8 Å². The van der Waals surface area contributed by atoms with Crippen LogP contribution in [0.25, 0.3) is 5.65 Å². The van der Waals surface area contributed by atoms with E-state index in [9.17, 15) is 8.78 Å². The molecule has 0 unspecified atom stereocenters. The Morgan fingerprint density at radius 3 is 2.81 bits per heavy atom. The van der Waals surface area contributed by atoms with E-state index in [2.05, 4.69) is 20.6 Å². The topological polar surface area (TPSA) is 55.1 Å².